The van der Waals surface area contributed by atoms with Gasteiger partial charge in [0.05, 0.1) is 0 Å². The van der Waals surface area contributed by atoms with Crippen LogP contribution in [-0.2, 0) is 7.05 Å². The van der Waals surface area contributed by atoms with Crippen LogP contribution in [0.15, 0.2) is 12.3 Å². The standard InChI is InChI=1S/C15H26N4/c1-13(2)19-11-7-15(12-19)5-9-18(10-6-15)14-4-8-17(3)16-14/h4,8,13H,5-7,9-12H2,1-3H3. The van der Waals surface area contributed by atoms with E-state index in [2.05, 4.69) is 34.8 Å². The quantitative estimate of drug-likeness (QED) is 0.816. The Morgan fingerprint density at radius 2 is 1.84 bits per heavy atom. The summed E-state index contributed by atoms with van der Waals surface area (Å²) in [6, 6.07) is 2.83. The molecule has 2 aliphatic heterocycles. The molecule has 0 radical (unpaired) electrons. The van der Waals surface area contributed by atoms with Gasteiger partial charge < -0.3 is 9.80 Å². The van der Waals surface area contributed by atoms with Crippen molar-refractivity contribution in [3.63, 3.8) is 0 Å². The van der Waals surface area contributed by atoms with Crippen LogP contribution < -0.4 is 4.90 Å². The predicted octanol–water partition coefficient (Wildman–Crippen LogP) is 2.12. The SMILES string of the molecule is CC(C)N1CCC2(CCN(c3ccn(C)n3)CC2)C1. The van der Waals surface area contributed by atoms with Gasteiger partial charge in [-0.15, -0.1) is 0 Å². The number of aryl methyl sites for hydroxylation is 1. The molecule has 0 saturated carbocycles. The predicted molar refractivity (Wildman–Crippen MR) is 78.4 cm³/mol. The molecule has 0 aliphatic carbocycles. The van der Waals surface area contributed by atoms with E-state index in [1.54, 1.807) is 0 Å². The largest absolute Gasteiger partial charge is 0.355 e. The average molecular weight is 262 g/mol. The molecule has 2 saturated heterocycles. The molecular formula is C15H26N4. The highest BCUT2D eigenvalue weighted by molar-refractivity contribution is 5.37. The molecule has 3 rings (SSSR count). The molecule has 1 aromatic heterocycles. The van der Waals surface area contributed by atoms with E-state index in [0.717, 1.165) is 5.82 Å². The Bertz CT molecular complexity index is 429. The maximum atomic E-state index is 4.52. The van der Waals surface area contributed by atoms with Gasteiger partial charge >= 0.3 is 0 Å². The molecule has 0 aromatic carbocycles. The van der Waals surface area contributed by atoms with Crippen molar-refractivity contribution < 1.29 is 0 Å². The van der Waals surface area contributed by atoms with E-state index in [0.29, 0.717) is 11.5 Å². The second-order valence-electron chi connectivity index (χ2n) is 6.65. The highest BCUT2D eigenvalue weighted by Gasteiger charge is 2.41. The van der Waals surface area contributed by atoms with Crippen molar-refractivity contribution in [2.24, 2.45) is 12.5 Å². The van der Waals surface area contributed by atoms with Gasteiger partial charge in [-0.3, -0.25) is 4.68 Å². The van der Waals surface area contributed by atoms with E-state index in [4.69, 9.17) is 0 Å². The monoisotopic (exact) mass is 262 g/mol. The zero-order chi connectivity index (χ0) is 13.5. The molecule has 3 heterocycles. The number of aromatic nitrogens is 2. The van der Waals surface area contributed by atoms with Crippen LogP contribution in [0, 0.1) is 5.41 Å². The van der Waals surface area contributed by atoms with Crippen molar-refractivity contribution >= 4 is 5.82 Å². The zero-order valence-corrected chi connectivity index (χ0v) is 12.5. The smallest absolute Gasteiger partial charge is 0.150 e. The minimum atomic E-state index is 0.593. The van der Waals surface area contributed by atoms with Crippen LogP contribution in [0.25, 0.3) is 0 Å². The minimum absolute atomic E-state index is 0.593. The molecule has 0 N–H and O–H groups in total. The van der Waals surface area contributed by atoms with Gasteiger partial charge in [0.15, 0.2) is 5.82 Å². The zero-order valence-electron chi connectivity index (χ0n) is 12.5. The Labute approximate surface area is 116 Å². The number of piperidine rings is 1. The first-order chi connectivity index (χ1) is 9.08. The summed E-state index contributed by atoms with van der Waals surface area (Å²) >= 11 is 0. The normalized spacial score (nSPS) is 23.7. The molecular weight excluding hydrogens is 236 g/mol. The highest BCUT2D eigenvalue weighted by Crippen LogP contribution is 2.41. The van der Waals surface area contributed by atoms with E-state index in [9.17, 15) is 0 Å². The van der Waals surface area contributed by atoms with Gasteiger partial charge in [0.2, 0.25) is 0 Å². The topological polar surface area (TPSA) is 24.3 Å². The molecule has 4 nitrogen and oxygen atoms in total. The van der Waals surface area contributed by atoms with Crippen molar-refractivity contribution in [3.8, 4) is 0 Å². The summed E-state index contributed by atoms with van der Waals surface area (Å²) in [5.74, 6) is 1.15. The summed E-state index contributed by atoms with van der Waals surface area (Å²) in [7, 11) is 1.99. The maximum Gasteiger partial charge on any atom is 0.150 e. The molecule has 106 valence electrons. The van der Waals surface area contributed by atoms with E-state index < -0.39 is 0 Å². The molecule has 4 heteroatoms. The summed E-state index contributed by atoms with van der Waals surface area (Å²) in [4.78, 5) is 5.10. The molecule has 0 unspecified atom stereocenters. The molecule has 2 fully saturated rings. The second-order valence-corrected chi connectivity index (χ2v) is 6.65. The molecule has 1 aromatic rings. The van der Waals surface area contributed by atoms with E-state index in [1.807, 2.05) is 17.9 Å². The number of hydrogen-bond acceptors (Lipinski definition) is 3. The lowest BCUT2D eigenvalue weighted by Crippen LogP contribution is -2.42. The Kier molecular flexibility index (Phi) is 3.29. The van der Waals surface area contributed by atoms with Crippen LogP contribution in [-0.4, -0.2) is 46.9 Å². The van der Waals surface area contributed by atoms with E-state index in [1.165, 1.54) is 45.4 Å². The maximum absolute atomic E-state index is 4.52. The van der Waals surface area contributed by atoms with E-state index in [-0.39, 0.29) is 0 Å². The lowest BCUT2D eigenvalue weighted by molar-refractivity contribution is 0.189. The third-order valence-corrected chi connectivity index (χ3v) is 5.05. The van der Waals surface area contributed by atoms with Crippen LogP contribution >= 0.6 is 0 Å². The lowest BCUT2D eigenvalue weighted by Gasteiger charge is -2.39. The summed E-state index contributed by atoms with van der Waals surface area (Å²) < 4.78 is 1.90. The molecule has 19 heavy (non-hydrogen) atoms. The number of likely N-dealkylation sites (tertiary alicyclic amines) is 1. The van der Waals surface area contributed by atoms with Crippen LogP contribution in [0.1, 0.15) is 33.1 Å². The van der Waals surface area contributed by atoms with Gasteiger partial charge in [-0.25, -0.2) is 0 Å². The molecule has 1 spiro atoms. The van der Waals surface area contributed by atoms with Gasteiger partial charge in [-0.2, -0.15) is 5.10 Å². The minimum Gasteiger partial charge on any atom is -0.355 e. The number of rotatable bonds is 2. The van der Waals surface area contributed by atoms with Gasteiger partial charge in [0.1, 0.15) is 0 Å². The van der Waals surface area contributed by atoms with Gasteiger partial charge in [-0.1, -0.05) is 0 Å². The van der Waals surface area contributed by atoms with Gasteiger partial charge in [-0.05, 0) is 45.1 Å². The van der Waals surface area contributed by atoms with Crippen molar-refractivity contribution in [3.05, 3.63) is 12.3 Å². The van der Waals surface area contributed by atoms with Crippen LogP contribution in [0.4, 0.5) is 5.82 Å². The van der Waals surface area contributed by atoms with Crippen LogP contribution in [0.2, 0.25) is 0 Å². The van der Waals surface area contributed by atoms with Crippen molar-refractivity contribution in [2.45, 2.75) is 39.2 Å². The number of anilines is 1. The molecule has 0 amide bonds. The van der Waals surface area contributed by atoms with Gasteiger partial charge in [0, 0.05) is 45.0 Å². The van der Waals surface area contributed by atoms with Crippen molar-refractivity contribution in [2.75, 3.05) is 31.1 Å². The van der Waals surface area contributed by atoms with Crippen LogP contribution in [0.3, 0.4) is 0 Å². The van der Waals surface area contributed by atoms with Crippen molar-refractivity contribution in [1.29, 1.82) is 0 Å². The Morgan fingerprint density at radius 3 is 2.37 bits per heavy atom. The first kappa shape index (κ1) is 13.0. The van der Waals surface area contributed by atoms with Crippen molar-refractivity contribution in [1.82, 2.24) is 14.7 Å². The molecule has 2 aliphatic rings. The Morgan fingerprint density at radius 1 is 1.16 bits per heavy atom. The number of hydrogen-bond donors (Lipinski definition) is 0. The number of nitrogens with zero attached hydrogens (tertiary/aromatic N) is 4. The van der Waals surface area contributed by atoms with E-state index >= 15 is 0 Å². The summed E-state index contributed by atoms with van der Waals surface area (Å²) in [5.41, 5.74) is 0.593. The van der Waals surface area contributed by atoms with Gasteiger partial charge in [0.25, 0.3) is 0 Å². The lowest BCUT2D eigenvalue weighted by atomic mass is 9.78. The first-order valence-corrected chi connectivity index (χ1v) is 7.57. The third kappa shape index (κ3) is 2.50. The second kappa shape index (κ2) is 4.82. The van der Waals surface area contributed by atoms with Crippen LogP contribution in [0.5, 0.6) is 0 Å². The fraction of sp³-hybridized carbons (Fsp3) is 0.800. The molecule has 0 atom stereocenters. The first-order valence-electron chi connectivity index (χ1n) is 7.57. The average Bonchev–Trinajstić information content (AvgIpc) is 2.98. The summed E-state index contributed by atoms with van der Waals surface area (Å²) in [6.45, 7) is 9.58. The fourth-order valence-electron chi connectivity index (χ4n) is 3.60. The third-order valence-electron chi connectivity index (χ3n) is 5.05. The summed E-state index contributed by atoms with van der Waals surface area (Å²) in [6.07, 6.45) is 6.08. The fourth-order valence-corrected chi connectivity index (χ4v) is 3.60. The highest BCUT2D eigenvalue weighted by atomic mass is 15.3. The molecule has 0 bridgehead atoms. The Hall–Kier alpha value is -1.03. The Balaban J connectivity index is 1.61. The summed E-state index contributed by atoms with van der Waals surface area (Å²) in [5, 5.41) is 4.52.